The summed E-state index contributed by atoms with van der Waals surface area (Å²) in [5.74, 6) is 0.398. The number of aryl methyl sites for hydroxylation is 1. The largest absolute Gasteiger partial charge is 0.494 e. The van der Waals surface area contributed by atoms with Gasteiger partial charge in [0.2, 0.25) is 0 Å². The van der Waals surface area contributed by atoms with E-state index in [0.717, 1.165) is 5.75 Å². The summed E-state index contributed by atoms with van der Waals surface area (Å²) in [5.41, 5.74) is 2.20. The van der Waals surface area contributed by atoms with Crippen molar-refractivity contribution in [2.75, 3.05) is 11.9 Å². The highest BCUT2D eigenvalue weighted by molar-refractivity contribution is 6.08. The van der Waals surface area contributed by atoms with Gasteiger partial charge >= 0.3 is 0 Å². The standard InChI is InChI=1S/C17H18N4O3/c1-4-24-13-7-5-12(6-8-13)20-16(22)14-9-18-21-15(14)19-11(3)10(2)17(21)23/h5-9,18H,4H2,1-3H3,(H,20,22). The zero-order valence-electron chi connectivity index (χ0n) is 13.7. The Bertz CT molecular complexity index is 954. The van der Waals surface area contributed by atoms with Gasteiger partial charge in [0.25, 0.3) is 11.5 Å². The minimum Gasteiger partial charge on any atom is -0.494 e. The third kappa shape index (κ3) is 2.76. The zero-order chi connectivity index (χ0) is 17.3. The molecule has 0 unspecified atom stereocenters. The van der Waals surface area contributed by atoms with E-state index >= 15 is 0 Å². The molecule has 24 heavy (non-hydrogen) atoms. The molecular formula is C17H18N4O3. The molecular weight excluding hydrogens is 308 g/mol. The molecule has 0 bridgehead atoms. The Morgan fingerprint density at radius 2 is 2.00 bits per heavy atom. The van der Waals surface area contributed by atoms with E-state index in [1.165, 1.54) is 10.7 Å². The number of rotatable bonds is 4. The number of carbonyl (C=O) groups is 1. The third-order valence-corrected chi connectivity index (χ3v) is 3.80. The van der Waals surface area contributed by atoms with Gasteiger partial charge in [-0.2, -0.15) is 0 Å². The molecule has 0 atom stereocenters. The molecule has 0 spiro atoms. The Morgan fingerprint density at radius 3 is 2.67 bits per heavy atom. The van der Waals surface area contributed by atoms with Gasteiger partial charge in [-0.3, -0.25) is 14.7 Å². The molecule has 3 aromatic rings. The highest BCUT2D eigenvalue weighted by Crippen LogP contribution is 2.17. The van der Waals surface area contributed by atoms with Crippen molar-refractivity contribution >= 4 is 17.2 Å². The lowest BCUT2D eigenvalue weighted by Crippen LogP contribution is -2.20. The zero-order valence-corrected chi connectivity index (χ0v) is 13.7. The SMILES string of the molecule is CCOc1ccc(NC(=O)c2c[nH]n3c(=O)c(C)c(C)nc23)cc1. The van der Waals surface area contributed by atoms with Gasteiger partial charge in [0.1, 0.15) is 11.3 Å². The van der Waals surface area contributed by atoms with Crippen molar-refractivity contribution in [1.82, 2.24) is 14.6 Å². The smallest absolute Gasteiger partial charge is 0.275 e. The number of carbonyl (C=O) groups excluding carboxylic acids is 1. The minimum absolute atomic E-state index is 0.211. The maximum absolute atomic E-state index is 12.5. The number of H-pyrrole nitrogens is 1. The number of nitrogens with one attached hydrogen (secondary N) is 2. The molecule has 3 rings (SSSR count). The first-order valence-corrected chi connectivity index (χ1v) is 7.62. The predicted molar refractivity (Wildman–Crippen MR) is 90.9 cm³/mol. The summed E-state index contributed by atoms with van der Waals surface area (Å²) < 4.78 is 6.64. The van der Waals surface area contributed by atoms with Gasteiger partial charge in [0, 0.05) is 23.1 Å². The number of fused-ring (bicyclic) bond motifs is 1. The number of aromatic nitrogens is 3. The van der Waals surface area contributed by atoms with E-state index in [2.05, 4.69) is 15.4 Å². The van der Waals surface area contributed by atoms with Crippen LogP contribution in [0.3, 0.4) is 0 Å². The third-order valence-electron chi connectivity index (χ3n) is 3.80. The molecule has 0 saturated heterocycles. The summed E-state index contributed by atoms with van der Waals surface area (Å²) in [4.78, 5) is 29.0. The molecule has 2 heterocycles. The molecule has 1 amide bonds. The van der Waals surface area contributed by atoms with E-state index in [1.807, 2.05) is 6.92 Å². The van der Waals surface area contributed by atoms with Crippen LogP contribution in [-0.4, -0.2) is 27.1 Å². The minimum atomic E-state index is -0.340. The second-order valence-electron chi connectivity index (χ2n) is 5.39. The Morgan fingerprint density at radius 1 is 1.29 bits per heavy atom. The summed E-state index contributed by atoms with van der Waals surface area (Å²) in [6.45, 7) is 5.95. The lowest BCUT2D eigenvalue weighted by atomic mass is 10.2. The van der Waals surface area contributed by atoms with Crippen molar-refractivity contribution in [1.29, 1.82) is 0 Å². The molecule has 0 fully saturated rings. The van der Waals surface area contributed by atoms with Crippen molar-refractivity contribution in [3.8, 4) is 5.75 Å². The molecule has 7 heteroatoms. The summed E-state index contributed by atoms with van der Waals surface area (Å²) in [6.07, 6.45) is 1.48. The normalized spacial score (nSPS) is 10.8. The quantitative estimate of drug-likeness (QED) is 0.770. The van der Waals surface area contributed by atoms with E-state index in [0.29, 0.717) is 34.8 Å². The molecule has 1 aromatic carbocycles. The molecule has 2 N–H and O–H groups in total. The van der Waals surface area contributed by atoms with Gasteiger partial charge < -0.3 is 10.1 Å². The molecule has 0 aliphatic rings. The van der Waals surface area contributed by atoms with Crippen LogP contribution >= 0.6 is 0 Å². The number of hydrogen-bond acceptors (Lipinski definition) is 4. The fourth-order valence-electron chi connectivity index (χ4n) is 2.37. The Hall–Kier alpha value is -3.09. The molecule has 0 saturated carbocycles. The fourth-order valence-corrected chi connectivity index (χ4v) is 2.37. The number of anilines is 1. The number of ether oxygens (including phenoxy) is 1. The number of hydrogen-bond donors (Lipinski definition) is 2. The highest BCUT2D eigenvalue weighted by Gasteiger charge is 2.16. The first kappa shape index (κ1) is 15.8. The van der Waals surface area contributed by atoms with Crippen LogP contribution in [0.4, 0.5) is 5.69 Å². The van der Waals surface area contributed by atoms with Gasteiger partial charge in [-0.1, -0.05) is 0 Å². The molecule has 7 nitrogen and oxygen atoms in total. The summed E-state index contributed by atoms with van der Waals surface area (Å²) >= 11 is 0. The lowest BCUT2D eigenvalue weighted by molar-refractivity contribution is 0.102. The van der Waals surface area contributed by atoms with Gasteiger partial charge in [0.15, 0.2) is 5.65 Å². The molecule has 0 radical (unpaired) electrons. The lowest BCUT2D eigenvalue weighted by Gasteiger charge is -2.06. The summed E-state index contributed by atoms with van der Waals surface area (Å²) in [6, 6.07) is 7.08. The maximum Gasteiger partial charge on any atom is 0.275 e. The fraction of sp³-hybridized carbons (Fsp3) is 0.235. The average Bonchev–Trinajstić information content (AvgIpc) is 2.98. The Labute approximate surface area is 138 Å². The average molecular weight is 326 g/mol. The second kappa shape index (κ2) is 6.19. The topological polar surface area (TPSA) is 88.5 Å². The Kier molecular flexibility index (Phi) is 4.07. The van der Waals surface area contributed by atoms with Crippen LogP contribution in [0.25, 0.3) is 5.65 Å². The van der Waals surface area contributed by atoms with Gasteiger partial charge in [-0.15, -0.1) is 0 Å². The van der Waals surface area contributed by atoms with Crippen LogP contribution in [0.5, 0.6) is 5.75 Å². The molecule has 2 aromatic heterocycles. The first-order valence-electron chi connectivity index (χ1n) is 7.62. The number of aromatic amines is 1. The molecule has 124 valence electrons. The van der Waals surface area contributed by atoms with Crippen molar-refractivity contribution in [2.45, 2.75) is 20.8 Å². The van der Waals surface area contributed by atoms with Crippen molar-refractivity contribution in [3.63, 3.8) is 0 Å². The van der Waals surface area contributed by atoms with E-state index < -0.39 is 0 Å². The van der Waals surface area contributed by atoms with Gasteiger partial charge in [0.05, 0.1) is 6.61 Å². The highest BCUT2D eigenvalue weighted by atomic mass is 16.5. The number of nitrogens with zero attached hydrogens (tertiary/aromatic N) is 2. The van der Waals surface area contributed by atoms with E-state index in [4.69, 9.17) is 4.74 Å². The molecule has 0 aliphatic heterocycles. The van der Waals surface area contributed by atoms with Crippen molar-refractivity contribution in [3.05, 3.63) is 57.6 Å². The van der Waals surface area contributed by atoms with Crippen LogP contribution in [0.2, 0.25) is 0 Å². The van der Waals surface area contributed by atoms with Crippen LogP contribution < -0.4 is 15.6 Å². The van der Waals surface area contributed by atoms with Crippen molar-refractivity contribution in [2.24, 2.45) is 0 Å². The van der Waals surface area contributed by atoms with E-state index in [-0.39, 0.29) is 11.5 Å². The van der Waals surface area contributed by atoms with Gasteiger partial charge in [-0.05, 0) is 45.0 Å². The number of benzene rings is 1. The monoisotopic (exact) mass is 326 g/mol. The molecule has 0 aliphatic carbocycles. The maximum atomic E-state index is 12.5. The van der Waals surface area contributed by atoms with Crippen LogP contribution in [0, 0.1) is 13.8 Å². The number of amides is 1. The van der Waals surface area contributed by atoms with E-state index in [9.17, 15) is 9.59 Å². The first-order chi connectivity index (χ1) is 11.5. The van der Waals surface area contributed by atoms with Crippen LogP contribution in [-0.2, 0) is 0 Å². The Balaban J connectivity index is 1.90. The van der Waals surface area contributed by atoms with E-state index in [1.54, 1.807) is 38.1 Å². The van der Waals surface area contributed by atoms with Crippen LogP contribution in [0.15, 0.2) is 35.3 Å². The summed E-state index contributed by atoms with van der Waals surface area (Å²) in [7, 11) is 0. The predicted octanol–water partition coefficient (Wildman–Crippen LogP) is 2.29. The van der Waals surface area contributed by atoms with Crippen molar-refractivity contribution < 1.29 is 9.53 Å². The second-order valence-corrected chi connectivity index (χ2v) is 5.39. The van der Waals surface area contributed by atoms with Crippen LogP contribution in [0.1, 0.15) is 28.5 Å². The summed E-state index contributed by atoms with van der Waals surface area (Å²) in [5, 5.41) is 5.57. The van der Waals surface area contributed by atoms with Gasteiger partial charge in [-0.25, -0.2) is 9.50 Å².